The van der Waals surface area contributed by atoms with Gasteiger partial charge < -0.3 is 5.73 Å². The van der Waals surface area contributed by atoms with E-state index in [1.807, 2.05) is 12.1 Å². The average molecular weight is 203 g/mol. The van der Waals surface area contributed by atoms with E-state index < -0.39 is 0 Å². The quantitative estimate of drug-likeness (QED) is 0.789. The van der Waals surface area contributed by atoms with Crippen LogP contribution >= 0.6 is 0 Å². The molecule has 2 nitrogen and oxygen atoms in total. The van der Waals surface area contributed by atoms with Crippen LogP contribution in [-0.4, -0.2) is 5.91 Å². The molecule has 0 saturated heterocycles. The number of hydrogen-bond donors (Lipinski definition) is 1. The van der Waals surface area contributed by atoms with E-state index in [1.54, 1.807) is 6.07 Å². The first-order valence-corrected chi connectivity index (χ1v) is 5.67. The van der Waals surface area contributed by atoms with Crippen LogP contribution in [-0.2, 0) is 0 Å². The number of amides is 1. The van der Waals surface area contributed by atoms with Crippen molar-refractivity contribution in [2.45, 2.75) is 38.0 Å². The highest BCUT2D eigenvalue weighted by Crippen LogP contribution is 2.32. The Morgan fingerprint density at radius 3 is 2.60 bits per heavy atom. The molecular weight excluding hydrogens is 186 g/mol. The van der Waals surface area contributed by atoms with E-state index in [9.17, 15) is 4.79 Å². The third-order valence-corrected chi connectivity index (χ3v) is 3.25. The van der Waals surface area contributed by atoms with Gasteiger partial charge in [-0.2, -0.15) is 0 Å². The Morgan fingerprint density at radius 1 is 1.20 bits per heavy atom. The van der Waals surface area contributed by atoms with Crippen LogP contribution in [0.15, 0.2) is 24.3 Å². The van der Waals surface area contributed by atoms with E-state index in [1.165, 1.54) is 37.7 Å². The zero-order valence-electron chi connectivity index (χ0n) is 8.91. The van der Waals surface area contributed by atoms with Gasteiger partial charge >= 0.3 is 0 Å². The van der Waals surface area contributed by atoms with E-state index in [2.05, 4.69) is 6.07 Å². The second-order valence-electron chi connectivity index (χ2n) is 4.32. The highest BCUT2D eigenvalue weighted by molar-refractivity contribution is 5.92. The van der Waals surface area contributed by atoms with Gasteiger partial charge in [0.15, 0.2) is 0 Å². The summed E-state index contributed by atoms with van der Waals surface area (Å²) >= 11 is 0. The lowest BCUT2D eigenvalue weighted by Gasteiger charge is -2.22. The predicted octanol–water partition coefficient (Wildman–Crippen LogP) is 2.83. The van der Waals surface area contributed by atoms with Crippen LogP contribution in [0, 0.1) is 0 Å². The number of primary amides is 1. The second kappa shape index (κ2) is 4.47. The molecule has 1 aliphatic carbocycles. The molecule has 0 heterocycles. The van der Waals surface area contributed by atoms with Crippen molar-refractivity contribution in [2.75, 3.05) is 0 Å². The van der Waals surface area contributed by atoms with E-state index >= 15 is 0 Å². The number of rotatable bonds is 2. The summed E-state index contributed by atoms with van der Waals surface area (Å²) in [5.74, 6) is 0.311. The number of nitrogens with two attached hydrogens (primary N) is 1. The van der Waals surface area contributed by atoms with Crippen LogP contribution in [0.4, 0.5) is 0 Å². The van der Waals surface area contributed by atoms with Crippen molar-refractivity contribution in [2.24, 2.45) is 5.73 Å². The molecule has 0 aromatic heterocycles. The first-order valence-electron chi connectivity index (χ1n) is 5.67. The molecular formula is C13H17NO. The van der Waals surface area contributed by atoms with Crippen LogP contribution in [0.3, 0.4) is 0 Å². The molecule has 2 heteroatoms. The van der Waals surface area contributed by atoms with Gasteiger partial charge in [0.2, 0.25) is 5.91 Å². The van der Waals surface area contributed by atoms with Gasteiger partial charge in [0.05, 0.1) is 0 Å². The largest absolute Gasteiger partial charge is 0.366 e. The van der Waals surface area contributed by atoms with Crippen LogP contribution in [0.1, 0.15) is 53.9 Å². The average Bonchev–Trinajstić information content (AvgIpc) is 2.30. The third-order valence-electron chi connectivity index (χ3n) is 3.25. The fourth-order valence-electron chi connectivity index (χ4n) is 2.38. The van der Waals surface area contributed by atoms with Gasteiger partial charge in [0.1, 0.15) is 0 Å². The molecule has 1 aromatic carbocycles. The molecule has 80 valence electrons. The van der Waals surface area contributed by atoms with E-state index in [-0.39, 0.29) is 5.91 Å². The van der Waals surface area contributed by atoms with Gasteiger partial charge in [-0.15, -0.1) is 0 Å². The SMILES string of the molecule is NC(=O)c1cccc(C2CCCCC2)c1. The molecule has 2 N–H and O–H groups in total. The molecule has 1 saturated carbocycles. The Morgan fingerprint density at radius 2 is 1.93 bits per heavy atom. The summed E-state index contributed by atoms with van der Waals surface area (Å²) in [5.41, 5.74) is 7.19. The lowest BCUT2D eigenvalue weighted by atomic mass is 9.83. The lowest BCUT2D eigenvalue weighted by Crippen LogP contribution is -2.12. The van der Waals surface area contributed by atoms with Crippen LogP contribution < -0.4 is 5.73 Å². The molecule has 0 radical (unpaired) electrons. The summed E-state index contributed by atoms with van der Waals surface area (Å²) in [5, 5.41) is 0. The minimum absolute atomic E-state index is 0.326. The van der Waals surface area contributed by atoms with Crippen LogP contribution in [0.25, 0.3) is 0 Å². The maximum absolute atomic E-state index is 11.1. The normalized spacial score (nSPS) is 17.6. The van der Waals surface area contributed by atoms with Crippen molar-refractivity contribution >= 4 is 5.91 Å². The van der Waals surface area contributed by atoms with E-state index in [0.717, 1.165) is 0 Å². The van der Waals surface area contributed by atoms with Crippen molar-refractivity contribution in [1.82, 2.24) is 0 Å². The highest BCUT2D eigenvalue weighted by Gasteiger charge is 2.15. The molecule has 1 amide bonds. The van der Waals surface area contributed by atoms with Gasteiger partial charge in [-0.25, -0.2) is 0 Å². The molecule has 1 aromatic rings. The molecule has 0 unspecified atom stereocenters. The molecule has 1 aliphatic rings. The summed E-state index contributed by atoms with van der Waals surface area (Å²) in [6, 6.07) is 7.79. The molecule has 0 atom stereocenters. The monoisotopic (exact) mass is 203 g/mol. The zero-order valence-corrected chi connectivity index (χ0v) is 8.91. The Balaban J connectivity index is 2.19. The third kappa shape index (κ3) is 2.38. The Bertz CT molecular complexity index is 353. The van der Waals surface area contributed by atoms with E-state index in [0.29, 0.717) is 11.5 Å². The second-order valence-corrected chi connectivity index (χ2v) is 4.32. The first-order chi connectivity index (χ1) is 7.27. The van der Waals surface area contributed by atoms with Gasteiger partial charge in [-0.1, -0.05) is 31.4 Å². The minimum atomic E-state index is -0.326. The molecule has 0 spiro atoms. The van der Waals surface area contributed by atoms with Crippen LogP contribution in [0.2, 0.25) is 0 Å². The molecule has 15 heavy (non-hydrogen) atoms. The van der Waals surface area contributed by atoms with Crippen molar-refractivity contribution in [3.63, 3.8) is 0 Å². The standard InChI is InChI=1S/C13H17NO/c14-13(15)12-8-4-7-11(9-12)10-5-2-1-3-6-10/h4,7-10H,1-3,5-6H2,(H2,14,15). The van der Waals surface area contributed by atoms with Gasteiger partial charge in [-0.3, -0.25) is 4.79 Å². The van der Waals surface area contributed by atoms with Crippen LogP contribution in [0.5, 0.6) is 0 Å². The summed E-state index contributed by atoms with van der Waals surface area (Å²) < 4.78 is 0. The molecule has 0 bridgehead atoms. The summed E-state index contributed by atoms with van der Waals surface area (Å²) in [6.45, 7) is 0. The summed E-state index contributed by atoms with van der Waals surface area (Å²) in [7, 11) is 0. The fraction of sp³-hybridized carbons (Fsp3) is 0.462. The van der Waals surface area contributed by atoms with Crippen molar-refractivity contribution < 1.29 is 4.79 Å². The lowest BCUT2D eigenvalue weighted by molar-refractivity contribution is 0.1000. The molecule has 0 aliphatic heterocycles. The smallest absolute Gasteiger partial charge is 0.248 e. The fourth-order valence-corrected chi connectivity index (χ4v) is 2.38. The Labute approximate surface area is 90.5 Å². The zero-order chi connectivity index (χ0) is 10.7. The summed E-state index contributed by atoms with van der Waals surface area (Å²) in [6.07, 6.45) is 6.48. The number of hydrogen-bond acceptors (Lipinski definition) is 1. The van der Waals surface area contributed by atoms with Gasteiger partial charge in [0, 0.05) is 5.56 Å². The molecule has 2 rings (SSSR count). The number of carbonyl (C=O) groups excluding carboxylic acids is 1. The topological polar surface area (TPSA) is 43.1 Å². The summed E-state index contributed by atoms with van der Waals surface area (Å²) in [4.78, 5) is 11.1. The first kappa shape index (κ1) is 10.2. The highest BCUT2D eigenvalue weighted by atomic mass is 16.1. The van der Waals surface area contributed by atoms with Gasteiger partial charge in [0.25, 0.3) is 0 Å². The maximum Gasteiger partial charge on any atom is 0.248 e. The minimum Gasteiger partial charge on any atom is -0.366 e. The van der Waals surface area contributed by atoms with Crippen molar-refractivity contribution in [1.29, 1.82) is 0 Å². The maximum atomic E-state index is 11.1. The Hall–Kier alpha value is -1.31. The Kier molecular flexibility index (Phi) is 3.05. The van der Waals surface area contributed by atoms with Crippen molar-refractivity contribution in [3.05, 3.63) is 35.4 Å². The predicted molar refractivity (Wildman–Crippen MR) is 60.8 cm³/mol. The number of carbonyl (C=O) groups is 1. The van der Waals surface area contributed by atoms with Gasteiger partial charge in [-0.05, 0) is 36.5 Å². The van der Waals surface area contributed by atoms with Crippen molar-refractivity contribution in [3.8, 4) is 0 Å². The molecule has 1 fully saturated rings. The van der Waals surface area contributed by atoms with E-state index in [4.69, 9.17) is 5.73 Å². The number of benzene rings is 1.